The lowest BCUT2D eigenvalue weighted by Gasteiger charge is -2.33. The minimum absolute atomic E-state index is 0.0287. The molecule has 1 saturated carbocycles. The van der Waals surface area contributed by atoms with Gasteiger partial charge < -0.3 is 10.5 Å². The molecule has 94 valence electrons. The van der Waals surface area contributed by atoms with E-state index in [1.54, 1.807) is 0 Å². The first-order valence-electron chi connectivity index (χ1n) is 6.67. The predicted octanol–water partition coefficient (Wildman–Crippen LogP) is 3.43. The van der Waals surface area contributed by atoms with Crippen LogP contribution in [0.25, 0.3) is 0 Å². The highest BCUT2D eigenvalue weighted by Crippen LogP contribution is 2.29. The van der Waals surface area contributed by atoms with E-state index in [1.807, 2.05) is 18.2 Å². The van der Waals surface area contributed by atoms with Crippen LogP contribution in [0.5, 0.6) is 5.75 Å². The van der Waals surface area contributed by atoms with Crippen molar-refractivity contribution < 1.29 is 4.74 Å². The van der Waals surface area contributed by atoms with Crippen LogP contribution in [0.4, 0.5) is 0 Å². The summed E-state index contributed by atoms with van der Waals surface area (Å²) >= 11 is 0. The molecule has 1 aromatic rings. The minimum Gasteiger partial charge on any atom is -0.493 e. The van der Waals surface area contributed by atoms with E-state index in [9.17, 15) is 0 Å². The van der Waals surface area contributed by atoms with Gasteiger partial charge in [-0.2, -0.15) is 0 Å². The third-order valence-corrected chi connectivity index (χ3v) is 3.80. The van der Waals surface area contributed by atoms with Crippen molar-refractivity contribution in [1.82, 2.24) is 0 Å². The molecule has 0 saturated heterocycles. The van der Waals surface area contributed by atoms with Gasteiger partial charge in [-0.25, -0.2) is 0 Å². The van der Waals surface area contributed by atoms with Gasteiger partial charge in [0, 0.05) is 5.54 Å². The molecule has 1 fully saturated rings. The number of hydrogen-bond donors (Lipinski definition) is 1. The van der Waals surface area contributed by atoms with Crippen molar-refractivity contribution in [3.05, 3.63) is 29.8 Å². The zero-order chi connectivity index (χ0) is 12.1. The highest BCUT2D eigenvalue weighted by molar-refractivity contribution is 5.31. The molecule has 0 atom stereocenters. The van der Waals surface area contributed by atoms with Gasteiger partial charge in [0.2, 0.25) is 0 Å². The van der Waals surface area contributed by atoms with Crippen LogP contribution in [0.1, 0.15) is 44.1 Å². The fourth-order valence-corrected chi connectivity index (χ4v) is 2.59. The number of aryl methyl sites for hydroxylation is 1. The number of benzene rings is 1. The molecule has 0 spiro atoms. The Morgan fingerprint density at radius 2 is 1.88 bits per heavy atom. The number of para-hydroxylation sites is 1. The smallest absolute Gasteiger partial charge is 0.122 e. The summed E-state index contributed by atoms with van der Waals surface area (Å²) in [6.45, 7) is 2.81. The summed E-state index contributed by atoms with van der Waals surface area (Å²) in [6.07, 6.45) is 7.19. The molecule has 2 heteroatoms. The maximum absolute atomic E-state index is 6.38. The SMILES string of the molecule is Cc1ccccc1OCCC1(N)CCCCC1. The standard InChI is InChI=1S/C15H23NO/c1-13-7-3-4-8-14(13)17-12-11-15(16)9-5-2-6-10-15/h3-4,7-8H,2,5-6,9-12,16H2,1H3. The van der Waals surface area contributed by atoms with Crippen molar-refractivity contribution in [3.8, 4) is 5.75 Å². The first-order chi connectivity index (χ1) is 8.20. The molecule has 0 heterocycles. The molecular formula is C15H23NO. The highest BCUT2D eigenvalue weighted by Gasteiger charge is 2.26. The first kappa shape index (κ1) is 12.4. The molecule has 0 bridgehead atoms. The van der Waals surface area contributed by atoms with Crippen LogP contribution < -0.4 is 10.5 Å². The summed E-state index contributed by atoms with van der Waals surface area (Å²) in [6, 6.07) is 8.16. The Balaban J connectivity index is 1.81. The topological polar surface area (TPSA) is 35.2 Å². The molecule has 0 amide bonds. The van der Waals surface area contributed by atoms with Gasteiger partial charge in [-0.15, -0.1) is 0 Å². The Morgan fingerprint density at radius 1 is 1.18 bits per heavy atom. The van der Waals surface area contributed by atoms with Gasteiger partial charge in [0.05, 0.1) is 6.61 Å². The summed E-state index contributed by atoms with van der Waals surface area (Å²) in [4.78, 5) is 0. The second kappa shape index (κ2) is 5.54. The summed E-state index contributed by atoms with van der Waals surface area (Å²) < 4.78 is 5.82. The fourth-order valence-electron chi connectivity index (χ4n) is 2.59. The van der Waals surface area contributed by atoms with Crippen molar-refractivity contribution in [2.45, 2.75) is 51.0 Å². The van der Waals surface area contributed by atoms with Crippen LogP contribution in [-0.2, 0) is 0 Å². The number of rotatable bonds is 4. The zero-order valence-electron chi connectivity index (χ0n) is 10.7. The minimum atomic E-state index is 0.0287. The van der Waals surface area contributed by atoms with Crippen molar-refractivity contribution in [3.63, 3.8) is 0 Å². The first-order valence-corrected chi connectivity index (χ1v) is 6.67. The average Bonchev–Trinajstić information content (AvgIpc) is 2.32. The summed E-state index contributed by atoms with van der Waals surface area (Å²) in [7, 11) is 0. The molecule has 2 nitrogen and oxygen atoms in total. The Hall–Kier alpha value is -1.02. The monoisotopic (exact) mass is 233 g/mol. The third kappa shape index (κ3) is 3.47. The van der Waals surface area contributed by atoms with Crippen LogP contribution in [0.2, 0.25) is 0 Å². The lowest BCUT2D eigenvalue weighted by atomic mass is 9.80. The number of ether oxygens (including phenoxy) is 1. The van der Waals surface area contributed by atoms with E-state index in [1.165, 1.54) is 24.8 Å². The molecule has 0 aromatic heterocycles. The van der Waals surface area contributed by atoms with Gasteiger partial charge in [-0.3, -0.25) is 0 Å². The van der Waals surface area contributed by atoms with E-state index < -0.39 is 0 Å². The Bertz CT molecular complexity index is 356. The van der Waals surface area contributed by atoms with Gasteiger partial charge in [0.15, 0.2) is 0 Å². The van der Waals surface area contributed by atoms with Crippen molar-refractivity contribution in [2.75, 3.05) is 6.61 Å². The molecule has 0 unspecified atom stereocenters. The lowest BCUT2D eigenvalue weighted by molar-refractivity contribution is 0.214. The van der Waals surface area contributed by atoms with Gasteiger partial charge in [0.1, 0.15) is 5.75 Å². The maximum atomic E-state index is 6.38. The van der Waals surface area contributed by atoms with E-state index in [-0.39, 0.29) is 5.54 Å². The van der Waals surface area contributed by atoms with E-state index >= 15 is 0 Å². The average molecular weight is 233 g/mol. The van der Waals surface area contributed by atoms with Crippen LogP contribution >= 0.6 is 0 Å². The number of nitrogens with two attached hydrogens (primary N) is 1. The second-order valence-electron chi connectivity index (χ2n) is 5.29. The molecule has 0 aliphatic heterocycles. The Kier molecular flexibility index (Phi) is 4.06. The van der Waals surface area contributed by atoms with Gasteiger partial charge in [-0.05, 0) is 37.8 Å². The van der Waals surface area contributed by atoms with Crippen molar-refractivity contribution in [2.24, 2.45) is 5.73 Å². The quantitative estimate of drug-likeness (QED) is 0.864. The number of hydrogen-bond acceptors (Lipinski definition) is 2. The molecular weight excluding hydrogens is 210 g/mol. The second-order valence-corrected chi connectivity index (χ2v) is 5.29. The maximum Gasteiger partial charge on any atom is 0.122 e. The normalized spacial score (nSPS) is 18.9. The van der Waals surface area contributed by atoms with Crippen LogP contribution in [-0.4, -0.2) is 12.1 Å². The van der Waals surface area contributed by atoms with Crippen molar-refractivity contribution >= 4 is 0 Å². The molecule has 17 heavy (non-hydrogen) atoms. The fraction of sp³-hybridized carbons (Fsp3) is 0.600. The van der Waals surface area contributed by atoms with Gasteiger partial charge in [0.25, 0.3) is 0 Å². The highest BCUT2D eigenvalue weighted by atomic mass is 16.5. The van der Waals surface area contributed by atoms with Crippen LogP contribution in [0.3, 0.4) is 0 Å². The summed E-state index contributed by atoms with van der Waals surface area (Å²) in [5, 5.41) is 0. The summed E-state index contributed by atoms with van der Waals surface area (Å²) in [5.74, 6) is 0.993. The molecule has 1 aliphatic carbocycles. The lowest BCUT2D eigenvalue weighted by Crippen LogP contribution is -2.42. The van der Waals surface area contributed by atoms with Gasteiger partial charge in [-0.1, -0.05) is 37.5 Å². The van der Waals surface area contributed by atoms with E-state index in [0.717, 1.165) is 31.6 Å². The molecule has 2 N–H and O–H groups in total. The Morgan fingerprint density at radius 3 is 2.59 bits per heavy atom. The van der Waals surface area contributed by atoms with Crippen LogP contribution in [0.15, 0.2) is 24.3 Å². The Labute approximate surface area is 104 Å². The molecule has 1 aliphatic rings. The predicted molar refractivity (Wildman–Crippen MR) is 71.3 cm³/mol. The third-order valence-electron chi connectivity index (χ3n) is 3.80. The molecule has 2 rings (SSSR count). The van der Waals surface area contributed by atoms with Crippen LogP contribution in [0, 0.1) is 6.92 Å². The van der Waals surface area contributed by atoms with E-state index in [4.69, 9.17) is 10.5 Å². The molecule has 1 aromatic carbocycles. The van der Waals surface area contributed by atoms with E-state index in [2.05, 4.69) is 13.0 Å². The largest absolute Gasteiger partial charge is 0.493 e. The zero-order valence-corrected chi connectivity index (χ0v) is 10.7. The van der Waals surface area contributed by atoms with E-state index in [0.29, 0.717) is 0 Å². The molecule has 0 radical (unpaired) electrons. The van der Waals surface area contributed by atoms with Gasteiger partial charge >= 0.3 is 0 Å². The summed E-state index contributed by atoms with van der Waals surface area (Å²) in [5.41, 5.74) is 7.61. The van der Waals surface area contributed by atoms with Crippen molar-refractivity contribution in [1.29, 1.82) is 0 Å².